The maximum atomic E-state index is 5.60. The first-order valence-corrected chi connectivity index (χ1v) is 11.0. The van der Waals surface area contributed by atoms with Crippen LogP contribution in [0, 0.1) is 0 Å². The van der Waals surface area contributed by atoms with Crippen molar-refractivity contribution in [1.82, 2.24) is 4.90 Å². The second-order valence-electron chi connectivity index (χ2n) is 8.42. The van der Waals surface area contributed by atoms with Crippen LogP contribution in [-0.2, 0) is 12.8 Å². The summed E-state index contributed by atoms with van der Waals surface area (Å²) in [7, 11) is 3.41. The van der Waals surface area contributed by atoms with Crippen molar-refractivity contribution in [2.75, 3.05) is 53.5 Å². The van der Waals surface area contributed by atoms with Gasteiger partial charge in [-0.1, -0.05) is 49.0 Å². The Balaban J connectivity index is 0.00000341. The van der Waals surface area contributed by atoms with Crippen molar-refractivity contribution in [2.45, 2.75) is 25.8 Å². The van der Waals surface area contributed by atoms with Gasteiger partial charge in [-0.15, -0.1) is 0 Å². The molecular formula is C26H37BrN2O2. The lowest BCUT2D eigenvalue weighted by atomic mass is 10.0. The zero-order valence-electron chi connectivity index (χ0n) is 19.2. The Morgan fingerprint density at radius 3 is 2.35 bits per heavy atom. The first kappa shape index (κ1) is 25.4. The maximum absolute atomic E-state index is 5.60. The second kappa shape index (κ2) is 12.3. The van der Waals surface area contributed by atoms with Crippen LogP contribution in [-0.4, -0.2) is 68.9 Å². The Morgan fingerprint density at radius 1 is 1.03 bits per heavy atom. The number of hydrogen-bond donors (Lipinski definition) is 0. The van der Waals surface area contributed by atoms with Crippen LogP contribution in [0.15, 0.2) is 61.2 Å². The Morgan fingerprint density at radius 2 is 1.74 bits per heavy atom. The molecule has 1 saturated heterocycles. The van der Waals surface area contributed by atoms with Crippen LogP contribution >= 0.6 is 0 Å². The van der Waals surface area contributed by atoms with E-state index in [-0.39, 0.29) is 17.0 Å². The van der Waals surface area contributed by atoms with Crippen molar-refractivity contribution in [1.29, 1.82) is 0 Å². The first-order valence-electron chi connectivity index (χ1n) is 11.0. The van der Waals surface area contributed by atoms with Crippen molar-refractivity contribution in [2.24, 2.45) is 0 Å². The topological polar surface area (TPSA) is 21.7 Å². The van der Waals surface area contributed by atoms with Gasteiger partial charge in [-0.25, -0.2) is 0 Å². The number of piperazine rings is 1. The molecule has 1 unspecified atom stereocenters. The molecular weight excluding hydrogens is 452 g/mol. The summed E-state index contributed by atoms with van der Waals surface area (Å²) in [6.45, 7) is 13.2. The molecule has 5 heteroatoms. The van der Waals surface area contributed by atoms with Gasteiger partial charge in [0.1, 0.15) is 0 Å². The van der Waals surface area contributed by atoms with Crippen LogP contribution in [0.2, 0.25) is 0 Å². The summed E-state index contributed by atoms with van der Waals surface area (Å²) >= 11 is 0. The minimum atomic E-state index is 0. The fourth-order valence-electron chi connectivity index (χ4n) is 4.77. The van der Waals surface area contributed by atoms with E-state index < -0.39 is 0 Å². The van der Waals surface area contributed by atoms with Crippen molar-refractivity contribution >= 4 is 0 Å². The van der Waals surface area contributed by atoms with Gasteiger partial charge in [-0.05, 0) is 36.6 Å². The lowest BCUT2D eigenvalue weighted by Gasteiger charge is -2.48. The average molecular weight is 489 g/mol. The molecule has 0 spiro atoms. The quantitative estimate of drug-likeness (QED) is 0.370. The number of quaternary nitrogens is 1. The summed E-state index contributed by atoms with van der Waals surface area (Å²) in [5.41, 5.74) is 2.64. The van der Waals surface area contributed by atoms with E-state index in [1.54, 1.807) is 14.2 Å². The highest BCUT2D eigenvalue weighted by molar-refractivity contribution is 5.46. The van der Waals surface area contributed by atoms with Gasteiger partial charge in [0.15, 0.2) is 11.5 Å². The van der Waals surface area contributed by atoms with Crippen molar-refractivity contribution < 1.29 is 30.9 Å². The van der Waals surface area contributed by atoms with Gasteiger partial charge >= 0.3 is 0 Å². The molecule has 1 aliphatic rings. The Kier molecular flexibility index (Phi) is 10.1. The molecule has 0 aromatic heterocycles. The molecule has 0 aliphatic carbocycles. The Bertz CT molecular complexity index is 804. The molecule has 2 aromatic rings. The van der Waals surface area contributed by atoms with Crippen LogP contribution in [0.4, 0.5) is 0 Å². The zero-order chi connectivity index (χ0) is 21.4. The van der Waals surface area contributed by atoms with E-state index in [1.165, 1.54) is 24.2 Å². The first-order chi connectivity index (χ1) is 14.6. The SMILES string of the molecule is C=CC[N+]1(C(C)Cc2ccccc2)CCN(CCc2cccc(OC)c2OC)CC1.[Br-]. The molecule has 1 atom stereocenters. The summed E-state index contributed by atoms with van der Waals surface area (Å²) in [6, 6.07) is 17.6. The molecule has 0 bridgehead atoms. The molecule has 3 rings (SSSR count). The van der Waals surface area contributed by atoms with E-state index in [2.05, 4.69) is 60.9 Å². The van der Waals surface area contributed by atoms with Crippen LogP contribution in [0.1, 0.15) is 18.1 Å². The largest absolute Gasteiger partial charge is 1.00 e. The fraction of sp³-hybridized carbons (Fsp3) is 0.462. The van der Waals surface area contributed by atoms with E-state index in [9.17, 15) is 0 Å². The molecule has 1 fully saturated rings. The van der Waals surface area contributed by atoms with E-state index in [1.807, 2.05) is 12.1 Å². The molecule has 1 aliphatic heterocycles. The van der Waals surface area contributed by atoms with Crippen molar-refractivity contribution in [3.63, 3.8) is 0 Å². The zero-order valence-corrected chi connectivity index (χ0v) is 20.8. The highest BCUT2D eigenvalue weighted by Crippen LogP contribution is 2.31. The number of nitrogens with zero attached hydrogens (tertiary/aromatic N) is 2. The van der Waals surface area contributed by atoms with Gasteiger partial charge < -0.3 is 30.9 Å². The predicted octanol–water partition coefficient (Wildman–Crippen LogP) is 1.20. The fourth-order valence-corrected chi connectivity index (χ4v) is 4.77. The average Bonchev–Trinajstić information content (AvgIpc) is 2.79. The number of benzene rings is 2. The lowest BCUT2D eigenvalue weighted by molar-refractivity contribution is -0.948. The van der Waals surface area contributed by atoms with E-state index in [4.69, 9.17) is 9.47 Å². The number of ether oxygens (including phenoxy) is 2. The Labute approximate surface area is 198 Å². The van der Waals surface area contributed by atoms with Crippen molar-refractivity contribution in [3.05, 3.63) is 72.3 Å². The third-order valence-electron chi connectivity index (χ3n) is 6.71. The highest BCUT2D eigenvalue weighted by Gasteiger charge is 2.36. The Hall–Kier alpha value is -1.82. The number of rotatable bonds is 10. The van der Waals surface area contributed by atoms with E-state index >= 15 is 0 Å². The minimum absolute atomic E-state index is 0. The van der Waals surface area contributed by atoms with E-state index in [0.29, 0.717) is 6.04 Å². The van der Waals surface area contributed by atoms with Gasteiger partial charge in [0.25, 0.3) is 0 Å². The molecule has 31 heavy (non-hydrogen) atoms. The van der Waals surface area contributed by atoms with Crippen LogP contribution in [0.25, 0.3) is 0 Å². The smallest absolute Gasteiger partial charge is 0.163 e. The molecule has 170 valence electrons. The normalized spacial score (nSPS) is 16.7. The van der Waals surface area contributed by atoms with Crippen molar-refractivity contribution in [3.8, 4) is 11.5 Å². The number of methoxy groups -OCH3 is 2. The molecule has 4 nitrogen and oxygen atoms in total. The maximum Gasteiger partial charge on any atom is 0.163 e. The summed E-state index contributed by atoms with van der Waals surface area (Å²) < 4.78 is 12.2. The third kappa shape index (κ3) is 6.34. The van der Waals surface area contributed by atoms with Gasteiger partial charge in [-0.2, -0.15) is 0 Å². The molecule has 0 radical (unpaired) electrons. The van der Waals surface area contributed by atoms with Gasteiger partial charge in [-0.3, -0.25) is 4.90 Å². The number of halogens is 1. The van der Waals surface area contributed by atoms with Gasteiger partial charge in [0.2, 0.25) is 0 Å². The molecule has 1 heterocycles. The number of para-hydroxylation sites is 1. The lowest BCUT2D eigenvalue weighted by Crippen LogP contribution is -3.00. The number of hydrogen-bond acceptors (Lipinski definition) is 3. The third-order valence-corrected chi connectivity index (χ3v) is 6.71. The summed E-state index contributed by atoms with van der Waals surface area (Å²) in [4.78, 5) is 2.59. The predicted molar refractivity (Wildman–Crippen MR) is 124 cm³/mol. The highest BCUT2D eigenvalue weighted by atomic mass is 79.9. The monoisotopic (exact) mass is 488 g/mol. The van der Waals surface area contributed by atoms with Crippen LogP contribution < -0.4 is 26.5 Å². The standard InChI is InChI=1S/C26H37N2O2.BrH/c1-5-18-28(22(2)21-23-10-7-6-8-11-23)19-16-27(17-20-28)15-14-24-12-9-13-25(29-3)26(24)30-4;/h5-13,22H,1,14-21H2,2-4H3;1H/q+1;/p-1. The molecule has 2 aromatic carbocycles. The van der Waals surface area contributed by atoms with Crippen LogP contribution in [0.5, 0.6) is 11.5 Å². The van der Waals surface area contributed by atoms with Gasteiger partial charge in [0, 0.05) is 26.1 Å². The molecule has 0 N–H and O–H groups in total. The molecule has 0 saturated carbocycles. The molecule has 0 amide bonds. The minimum Gasteiger partial charge on any atom is -1.00 e. The van der Waals surface area contributed by atoms with Gasteiger partial charge in [0.05, 0.1) is 39.9 Å². The summed E-state index contributed by atoms with van der Waals surface area (Å²) in [5.74, 6) is 1.68. The summed E-state index contributed by atoms with van der Waals surface area (Å²) in [5, 5.41) is 0. The van der Waals surface area contributed by atoms with E-state index in [0.717, 1.165) is 55.0 Å². The summed E-state index contributed by atoms with van der Waals surface area (Å²) in [6.07, 6.45) is 4.20. The van der Waals surface area contributed by atoms with Crippen LogP contribution in [0.3, 0.4) is 0 Å². The second-order valence-corrected chi connectivity index (χ2v) is 8.42.